The molecule has 0 atom stereocenters. The van der Waals surface area contributed by atoms with Crippen LogP contribution in [0.15, 0.2) is 0 Å². The molecule has 0 saturated carbocycles. The van der Waals surface area contributed by atoms with E-state index in [-0.39, 0.29) is 0 Å². The lowest BCUT2D eigenvalue weighted by Gasteiger charge is -2.46. The average molecular weight is 174 g/mol. The van der Waals surface area contributed by atoms with E-state index >= 15 is 0 Å². The number of hydrogen-bond acceptors (Lipinski definition) is 0. The standard InChI is InChI=1S/C10H22S/c1-5-7-11(3,4)8-10(11,6-2)9-11/h5-9H2,1-4H3. The largest absolute Gasteiger partial charge is 0.271 e. The maximum absolute atomic E-state index is 2.66. The zero-order valence-corrected chi connectivity index (χ0v) is 9.26. The summed E-state index contributed by atoms with van der Waals surface area (Å²) in [5.74, 6) is 4.81. The van der Waals surface area contributed by atoms with Crippen LogP contribution in [0.25, 0.3) is 0 Å². The molecule has 0 aromatic rings. The first-order valence-corrected chi connectivity index (χ1v) is 8.63. The van der Waals surface area contributed by atoms with Crippen molar-refractivity contribution in [2.75, 3.05) is 29.8 Å². The average Bonchev–Trinajstić information content (AvgIpc) is 2.46. The van der Waals surface area contributed by atoms with Crippen molar-refractivity contribution in [3.63, 3.8) is 0 Å². The third-order valence-corrected chi connectivity index (χ3v) is 13.7. The minimum absolute atomic E-state index is 0.899. The molecule has 0 spiro atoms. The molecule has 0 radical (unpaired) electrons. The molecule has 0 aromatic heterocycles. The molecule has 0 aliphatic carbocycles. The Bertz CT molecular complexity index is 227. The second-order valence-electron chi connectivity index (χ2n) is 6.12. The summed E-state index contributed by atoms with van der Waals surface area (Å²) in [4.78, 5) is 0. The molecule has 0 amide bonds. The number of rotatable bonds is 3. The molecule has 1 heteroatoms. The van der Waals surface area contributed by atoms with E-state index in [0.717, 1.165) is 4.75 Å². The minimum Gasteiger partial charge on any atom is -0.271 e. The second-order valence-corrected chi connectivity index (χ2v) is 15.2. The van der Waals surface area contributed by atoms with E-state index in [1.807, 2.05) is 0 Å². The molecule has 0 aromatic carbocycles. The van der Waals surface area contributed by atoms with Crippen LogP contribution in [0.5, 0.6) is 0 Å². The molecule has 11 heavy (non-hydrogen) atoms. The Kier molecular flexibility index (Phi) is 0.944. The quantitative estimate of drug-likeness (QED) is 0.577. The predicted octanol–water partition coefficient (Wildman–Crippen LogP) is 2.71. The highest BCUT2D eigenvalue weighted by molar-refractivity contribution is 8.75. The summed E-state index contributed by atoms with van der Waals surface area (Å²) in [6, 6.07) is 0. The molecule has 2 fully saturated rings. The van der Waals surface area contributed by atoms with Crippen molar-refractivity contribution in [1.29, 1.82) is 0 Å². The lowest BCUT2D eigenvalue weighted by molar-refractivity contribution is 0.805. The lowest BCUT2D eigenvalue weighted by atomic mass is 10.2. The molecule has 2 rings (SSSR count). The van der Waals surface area contributed by atoms with E-state index in [2.05, 4.69) is 26.4 Å². The van der Waals surface area contributed by atoms with Gasteiger partial charge in [-0.15, -0.1) is 0 Å². The molecule has 0 N–H and O–H groups in total. The van der Waals surface area contributed by atoms with Crippen LogP contribution in [-0.2, 0) is 0 Å². The summed E-state index contributed by atoms with van der Waals surface area (Å²) < 4.78 is 0.899. The van der Waals surface area contributed by atoms with E-state index in [0.29, 0.717) is 0 Å². The van der Waals surface area contributed by atoms with Crippen LogP contribution in [-0.4, -0.2) is 34.5 Å². The summed E-state index contributed by atoms with van der Waals surface area (Å²) >= 11 is 0. The van der Waals surface area contributed by atoms with E-state index < -0.39 is 8.29 Å². The zero-order chi connectivity index (χ0) is 8.44. The highest BCUT2D eigenvalue weighted by Gasteiger charge is 2.95. The summed E-state index contributed by atoms with van der Waals surface area (Å²) in [5.41, 5.74) is 0. The summed E-state index contributed by atoms with van der Waals surface area (Å²) in [5, 5.41) is 0. The smallest absolute Gasteiger partial charge is 0.00212 e. The highest BCUT2D eigenvalue weighted by atomic mass is 32.4. The third kappa shape index (κ3) is 0.546. The monoisotopic (exact) mass is 174 g/mol. The van der Waals surface area contributed by atoms with Crippen LogP contribution >= 0.6 is 8.29 Å². The van der Waals surface area contributed by atoms with Gasteiger partial charge < -0.3 is 0 Å². The highest BCUT2D eigenvalue weighted by Crippen LogP contribution is 3.19. The van der Waals surface area contributed by atoms with Crippen molar-refractivity contribution in [1.82, 2.24) is 0 Å². The van der Waals surface area contributed by atoms with Gasteiger partial charge in [-0.05, 0) is 42.6 Å². The maximum Gasteiger partial charge on any atom is 0.00212 e. The second kappa shape index (κ2) is 1.30. The fourth-order valence-electron chi connectivity index (χ4n) is 3.92. The first-order chi connectivity index (χ1) is 4.86. The van der Waals surface area contributed by atoms with E-state index in [1.54, 1.807) is 17.3 Å². The van der Waals surface area contributed by atoms with Gasteiger partial charge in [0, 0.05) is 4.75 Å². The fourth-order valence-corrected chi connectivity index (χ4v) is 14.2. The van der Waals surface area contributed by atoms with Crippen LogP contribution < -0.4 is 0 Å². The van der Waals surface area contributed by atoms with Gasteiger partial charge in [0.2, 0.25) is 0 Å². The van der Waals surface area contributed by atoms with Gasteiger partial charge in [0.15, 0.2) is 0 Å². The first kappa shape index (κ1) is 7.97. The summed E-state index contributed by atoms with van der Waals surface area (Å²) in [6.07, 6.45) is 8.19. The van der Waals surface area contributed by atoms with Crippen LogP contribution in [0.2, 0.25) is 0 Å². The molecule has 0 nitrogen and oxygen atoms in total. The van der Waals surface area contributed by atoms with Gasteiger partial charge in [-0.2, -0.15) is 0 Å². The lowest BCUT2D eigenvalue weighted by Crippen LogP contribution is -2.14. The molecule has 2 saturated heterocycles. The molecule has 2 aliphatic rings. The van der Waals surface area contributed by atoms with E-state index in [4.69, 9.17) is 0 Å². The third-order valence-electron chi connectivity index (χ3n) is 4.91. The molecular weight excluding hydrogens is 152 g/mol. The summed E-state index contributed by atoms with van der Waals surface area (Å²) in [7, 11) is -1.28. The van der Waals surface area contributed by atoms with Crippen molar-refractivity contribution in [2.24, 2.45) is 0 Å². The molecule has 68 valence electrons. The Morgan fingerprint density at radius 2 is 1.73 bits per heavy atom. The van der Waals surface area contributed by atoms with Gasteiger partial charge in [0.05, 0.1) is 0 Å². The van der Waals surface area contributed by atoms with Gasteiger partial charge in [0.1, 0.15) is 0 Å². The van der Waals surface area contributed by atoms with E-state index in [9.17, 15) is 0 Å². The normalized spacial score (nSPS) is 52.4. The molecule has 0 unspecified atom stereocenters. The van der Waals surface area contributed by atoms with Gasteiger partial charge >= 0.3 is 0 Å². The Morgan fingerprint density at radius 1 is 1.18 bits per heavy atom. The Labute approximate surface area is 70.0 Å². The molecular formula is C10H22S. The Balaban J connectivity index is 2.27. The van der Waals surface area contributed by atoms with Crippen molar-refractivity contribution in [2.45, 2.75) is 31.4 Å². The van der Waals surface area contributed by atoms with Gasteiger partial charge in [-0.1, -0.05) is 13.8 Å². The topological polar surface area (TPSA) is 0 Å². The number of hydrogen-bond donors (Lipinski definition) is 0. The minimum atomic E-state index is -1.28. The predicted molar refractivity (Wildman–Crippen MR) is 57.4 cm³/mol. The Morgan fingerprint density at radius 3 is 2.00 bits per heavy atom. The van der Waals surface area contributed by atoms with Crippen LogP contribution in [0, 0.1) is 0 Å². The van der Waals surface area contributed by atoms with Crippen LogP contribution in [0.4, 0.5) is 0 Å². The van der Waals surface area contributed by atoms with Crippen molar-refractivity contribution < 1.29 is 0 Å². The molecule has 2 aliphatic heterocycles. The van der Waals surface area contributed by atoms with Crippen LogP contribution in [0.1, 0.15) is 26.7 Å². The van der Waals surface area contributed by atoms with Gasteiger partial charge in [-0.25, -0.2) is 0 Å². The molecule has 2 heterocycles. The maximum atomic E-state index is 2.66. The van der Waals surface area contributed by atoms with Crippen molar-refractivity contribution in [3.05, 3.63) is 0 Å². The van der Waals surface area contributed by atoms with E-state index in [1.165, 1.54) is 12.8 Å². The molecule has 0 bridgehead atoms. The van der Waals surface area contributed by atoms with Crippen molar-refractivity contribution >= 4 is 8.29 Å². The van der Waals surface area contributed by atoms with Gasteiger partial charge in [0.25, 0.3) is 0 Å². The summed E-state index contributed by atoms with van der Waals surface area (Å²) in [6.45, 7) is 4.74. The fraction of sp³-hybridized carbons (Fsp3) is 1.00. The van der Waals surface area contributed by atoms with Crippen LogP contribution in [0.3, 0.4) is 0 Å². The Hall–Kier alpha value is 0.350. The SMILES string of the molecule is CCCS12(C)(C)CC1(CC)C2. The van der Waals surface area contributed by atoms with Gasteiger partial charge in [-0.3, -0.25) is 8.29 Å². The number of fused-ring (bicyclic) bond motifs is 1. The first-order valence-electron chi connectivity index (χ1n) is 4.86. The zero-order valence-electron chi connectivity index (χ0n) is 8.44. The van der Waals surface area contributed by atoms with Crippen molar-refractivity contribution in [3.8, 4) is 0 Å².